The lowest BCUT2D eigenvalue weighted by Gasteiger charge is -2.20. The van der Waals surface area contributed by atoms with Gasteiger partial charge >= 0.3 is 0 Å². The molecule has 0 saturated carbocycles. The van der Waals surface area contributed by atoms with E-state index in [9.17, 15) is 4.79 Å². The van der Waals surface area contributed by atoms with Crippen LogP contribution in [0.4, 0.5) is 11.4 Å². The lowest BCUT2D eigenvalue weighted by molar-refractivity contribution is 0.0995. The zero-order valence-electron chi connectivity index (χ0n) is 11.6. The van der Waals surface area contributed by atoms with Gasteiger partial charge in [0.15, 0.2) is 17.3 Å². The zero-order valence-corrected chi connectivity index (χ0v) is 11.6. The Balaban J connectivity index is 1.82. The molecule has 0 aliphatic carbocycles. The number of rotatable bonds is 3. The van der Waals surface area contributed by atoms with Crippen molar-refractivity contribution in [1.29, 1.82) is 0 Å². The summed E-state index contributed by atoms with van der Waals surface area (Å²) >= 11 is 0. The lowest BCUT2D eigenvalue weighted by Crippen LogP contribution is -2.17. The van der Waals surface area contributed by atoms with Crippen LogP contribution >= 0.6 is 0 Å². The minimum atomic E-state index is -0.349. The molecule has 0 unspecified atom stereocenters. The number of furan rings is 1. The standard InChI is InChI=1S/C15H16N2O4/c1-2-9-3-4-12(21-9)15(18)17-11-8-14-13(7-10(11)16)19-5-6-20-14/h3-4,7-8H,2,5-6,16H2,1H3,(H,17,18). The highest BCUT2D eigenvalue weighted by Gasteiger charge is 2.17. The molecule has 0 spiro atoms. The third-order valence-electron chi connectivity index (χ3n) is 3.20. The van der Waals surface area contributed by atoms with Gasteiger partial charge in [-0.3, -0.25) is 4.79 Å². The molecular weight excluding hydrogens is 272 g/mol. The summed E-state index contributed by atoms with van der Waals surface area (Å²) < 4.78 is 16.3. The van der Waals surface area contributed by atoms with Crippen LogP contribution in [0, 0.1) is 0 Å². The van der Waals surface area contributed by atoms with E-state index in [4.69, 9.17) is 19.6 Å². The Morgan fingerprint density at radius 1 is 1.24 bits per heavy atom. The third kappa shape index (κ3) is 2.65. The molecule has 1 aliphatic rings. The number of carbonyl (C=O) groups is 1. The number of benzene rings is 1. The maximum Gasteiger partial charge on any atom is 0.291 e. The number of anilines is 2. The fourth-order valence-corrected chi connectivity index (χ4v) is 2.09. The van der Waals surface area contributed by atoms with Gasteiger partial charge < -0.3 is 24.9 Å². The normalized spacial score (nSPS) is 13.0. The predicted octanol–water partition coefficient (Wildman–Crippen LogP) is 2.45. The number of hydrogen-bond donors (Lipinski definition) is 2. The summed E-state index contributed by atoms with van der Waals surface area (Å²) in [7, 11) is 0. The highest BCUT2D eigenvalue weighted by molar-refractivity contribution is 6.04. The van der Waals surface area contributed by atoms with Crippen LogP contribution in [0.25, 0.3) is 0 Å². The van der Waals surface area contributed by atoms with E-state index in [2.05, 4.69) is 5.32 Å². The number of hydrogen-bond acceptors (Lipinski definition) is 5. The highest BCUT2D eigenvalue weighted by Crippen LogP contribution is 2.37. The molecule has 1 aromatic heterocycles. The summed E-state index contributed by atoms with van der Waals surface area (Å²) in [6, 6.07) is 6.72. The first-order valence-corrected chi connectivity index (χ1v) is 6.76. The first-order chi connectivity index (χ1) is 10.2. The highest BCUT2D eigenvalue weighted by atomic mass is 16.6. The number of ether oxygens (including phenoxy) is 2. The van der Waals surface area contributed by atoms with Crippen molar-refractivity contribution >= 4 is 17.3 Å². The van der Waals surface area contributed by atoms with Crippen LogP contribution in [-0.2, 0) is 6.42 Å². The second-order valence-corrected chi connectivity index (χ2v) is 4.66. The Kier molecular flexibility index (Phi) is 3.43. The van der Waals surface area contributed by atoms with Gasteiger partial charge in [-0.05, 0) is 12.1 Å². The number of amides is 1. The molecule has 1 aromatic carbocycles. The molecule has 110 valence electrons. The van der Waals surface area contributed by atoms with Crippen molar-refractivity contribution in [3.05, 3.63) is 35.8 Å². The maximum absolute atomic E-state index is 12.1. The van der Waals surface area contributed by atoms with Gasteiger partial charge in [0.25, 0.3) is 5.91 Å². The van der Waals surface area contributed by atoms with Gasteiger partial charge in [0, 0.05) is 18.6 Å². The second kappa shape index (κ2) is 5.40. The van der Waals surface area contributed by atoms with Gasteiger partial charge in [0.05, 0.1) is 11.4 Å². The Morgan fingerprint density at radius 3 is 2.62 bits per heavy atom. The van der Waals surface area contributed by atoms with Crippen molar-refractivity contribution in [2.45, 2.75) is 13.3 Å². The molecule has 1 amide bonds. The summed E-state index contributed by atoms with van der Waals surface area (Å²) in [6.07, 6.45) is 0.736. The molecule has 0 atom stereocenters. The molecule has 3 rings (SSSR count). The van der Waals surface area contributed by atoms with Gasteiger partial charge in [0.2, 0.25) is 0 Å². The van der Waals surface area contributed by atoms with Gasteiger partial charge in [-0.25, -0.2) is 0 Å². The average Bonchev–Trinajstić information content (AvgIpc) is 2.97. The van der Waals surface area contributed by atoms with Crippen LogP contribution in [0.1, 0.15) is 23.2 Å². The summed E-state index contributed by atoms with van der Waals surface area (Å²) in [6.45, 7) is 2.92. The SMILES string of the molecule is CCc1ccc(C(=O)Nc2cc3c(cc2N)OCCO3)o1. The van der Waals surface area contributed by atoms with Gasteiger partial charge in [-0.15, -0.1) is 0 Å². The minimum absolute atomic E-state index is 0.251. The molecule has 1 aliphatic heterocycles. The van der Waals surface area contributed by atoms with E-state index in [1.807, 2.05) is 6.92 Å². The fraction of sp³-hybridized carbons (Fsp3) is 0.267. The first-order valence-electron chi connectivity index (χ1n) is 6.76. The van der Waals surface area contributed by atoms with E-state index in [0.717, 1.165) is 12.2 Å². The van der Waals surface area contributed by atoms with Crippen LogP contribution in [0.2, 0.25) is 0 Å². The van der Waals surface area contributed by atoms with Crippen molar-refractivity contribution in [1.82, 2.24) is 0 Å². The van der Waals surface area contributed by atoms with Gasteiger partial charge in [-0.2, -0.15) is 0 Å². The molecule has 6 nitrogen and oxygen atoms in total. The van der Waals surface area contributed by atoms with Crippen molar-refractivity contribution in [3.8, 4) is 11.5 Å². The van der Waals surface area contributed by atoms with Crippen molar-refractivity contribution in [2.75, 3.05) is 24.3 Å². The fourth-order valence-electron chi connectivity index (χ4n) is 2.09. The monoisotopic (exact) mass is 288 g/mol. The van der Waals surface area contributed by atoms with Crippen molar-refractivity contribution in [3.63, 3.8) is 0 Å². The Labute approximate surface area is 121 Å². The second-order valence-electron chi connectivity index (χ2n) is 4.66. The molecule has 0 saturated heterocycles. The molecule has 21 heavy (non-hydrogen) atoms. The predicted molar refractivity (Wildman–Crippen MR) is 77.9 cm³/mol. The number of nitrogen functional groups attached to an aromatic ring is 1. The Morgan fingerprint density at radius 2 is 1.95 bits per heavy atom. The minimum Gasteiger partial charge on any atom is -0.486 e. The van der Waals surface area contributed by atoms with E-state index in [0.29, 0.717) is 36.1 Å². The summed E-state index contributed by atoms with van der Waals surface area (Å²) in [5, 5.41) is 2.72. The molecule has 0 bridgehead atoms. The van der Waals surface area contributed by atoms with Crippen molar-refractivity contribution < 1.29 is 18.7 Å². The molecule has 2 heterocycles. The van der Waals surface area contributed by atoms with Crippen LogP contribution in [-0.4, -0.2) is 19.1 Å². The molecule has 3 N–H and O–H groups in total. The van der Waals surface area contributed by atoms with E-state index in [-0.39, 0.29) is 11.7 Å². The number of aryl methyl sites for hydroxylation is 1. The number of fused-ring (bicyclic) bond motifs is 1. The number of nitrogens with one attached hydrogen (secondary N) is 1. The summed E-state index contributed by atoms with van der Waals surface area (Å²) in [4.78, 5) is 12.1. The topological polar surface area (TPSA) is 86.7 Å². The number of nitrogens with two attached hydrogens (primary N) is 1. The third-order valence-corrected chi connectivity index (χ3v) is 3.20. The zero-order chi connectivity index (χ0) is 14.8. The Bertz CT molecular complexity index is 678. The lowest BCUT2D eigenvalue weighted by atomic mass is 10.2. The quantitative estimate of drug-likeness (QED) is 0.847. The maximum atomic E-state index is 12.1. The van der Waals surface area contributed by atoms with E-state index in [1.165, 1.54) is 0 Å². The van der Waals surface area contributed by atoms with E-state index in [1.54, 1.807) is 24.3 Å². The Hall–Kier alpha value is -2.63. The molecule has 0 radical (unpaired) electrons. The van der Waals surface area contributed by atoms with Crippen LogP contribution in [0.3, 0.4) is 0 Å². The average molecular weight is 288 g/mol. The molecule has 6 heteroatoms. The first kappa shape index (κ1) is 13.4. The smallest absolute Gasteiger partial charge is 0.291 e. The van der Waals surface area contributed by atoms with Crippen LogP contribution < -0.4 is 20.5 Å². The van der Waals surface area contributed by atoms with Gasteiger partial charge in [-0.1, -0.05) is 6.92 Å². The molecule has 2 aromatic rings. The van der Waals surface area contributed by atoms with Crippen LogP contribution in [0.15, 0.2) is 28.7 Å². The largest absolute Gasteiger partial charge is 0.486 e. The summed E-state index contributed by atoms with van der Waals surface area (Å²) in [5.41, 5.74) is 6.80. The van der Waals surface area contributed by atoms with E-state index < -0.39 is 0 Å². The van der Waals surface area contributed by atoms with Crippen LogP contribution in [0.5, 0.6) is 11.5 Å². The van der Waals surface area contributed by atoms with Crippen molar-refractivity contribution in [2.24, 2.45) is 0 Å². The van der Waals surface area contributed by atoms with E-state index >= 15 is 0 Å². The molecule has 0 fully saturated rings. The molecular formula is C15H16N2O4. The van der Waals surface area contributed by atoms with Gasteiger partial charge in [0.1, 0.15) is 19.0 Å². The number of carbonyl (C=O) groups excluding carboxylic acids is 1. The summed E-state index contributed by atoms with van der Waals surface area (Å²) in [5.74, 6) is 1.82.